The maximum atomic E-state index is 13.2. The topological polar surface area (TPSA) is 79.9 Å². The molecule has 2 aliphatic rings. The van der Waals surface area contributed by atoms with Crippen molar-refractivity contribution in [1.82, 2.24) is 5.32 Å². The Labute approximate surface area is 198 Å². The van der Waals surface area contributed by atoms with Crippen LogP contribution in [0.3, 0.4) is 0 Å². The van der Waals surface area contributed by atoms with Gasteiger partial charge in [-0.25, -0.2) is 4.79 Å². The molecule has 174 valence electrons. The summed E-state index contributed by atoms with van der Waals surface area (Å²) in [4.78, 5) is 27.8. The van der Waals surface area contributed by atoms with Crippen LogP contribution in [0.15, 0.2) is 66.7 Å². The molecule has 1 saturated heterocycles. The molecule has 2 aliphatic heterocycles. The Bertz CT molecular complexity index is 1270. The molecule has 7 nitrogen and oxygen atoms in total. The van der Waals surface area contributed by atoms with Crippen LogP contribution in [-0.4, -0.2) is 24.8 Å². The van der Waals surface area contributed by atoms with Gasteiger partial charge in [-0.2, -0.15) is 0 Å². The third kappa shape index (κ3) is 3.73. The number of carbonyl (C=O) groups is 2. The van der Waals surface area contributed by atoms with E-state index in [4.69, 9.17) is 9.47 Å². The second-order valence-electron chi connectivity index (χ2n) is 8.76. The number of ether oxygens (including phenoxy) is 2. The van der Waals surface area contributed by atoms with Gasteiger partial charge in [-0.15, -0.1) is 0 Å². The number of carbonyl (C=O) groups excluding carboxylic acids is 2. The van der Waals surface area contributed by atoms with E-state index in [2.05, 4.69) is 17.6 Å². The van der Waals surface area contributed by atoms with Gasteiger partial charge in [0.15, 0.2) is 17.2 Å². The van der Waals surface area contributed by atoms with E-state index in [1.165, 1.54) is 0 Å². The van der Waals surface area contributed by atoms with Crippen molar-refractivity contribution in [3.05, 3.63) is 83.4 Å². The molecule has 3 aromatic carbocycles. The number of methoxy groups -OCH3 is 1. The standard InChI is InChI=1S/C27H27N3O4/c1-4-17-8-5-10-19(14-17)28-25(31)18-9-6-11-20(15-18)30-26(32)29-22-16-27(30,2)34-24-21(22)12-7-13-23(24)33-3/h5-15,22H,4,16H2,1-3H3,(H,28,31)(H,29,32)/t22-,27+/m0/s1. The monoisotopic (exact) mass is 457 g/mol. The van der Waals surface area contributed by atoms with Crippen molar-refractivity contribution in [2.45, 2.75) is 38.5 Å². The summed E-state index contributed by atoms with van der Waals surface area (Å²) in [6.07, 6.45) is 1.44. The fourth-order valence-corrected chi connectivity index (χ4v) is 4.77. The van der Waals surface area contributed by atoms with E-state index in [9.17, 15) is 9.59 Å². The third-order valence-electron chi connectivity index (χ3n) is 6.44. The Morgan fingerprint density at radius 1 is 1.18 bits per heavy atom. The summed E-state index contributed by atoms with van der Waals surface area (Å²) in [6, 6.07) is 20.0. The zero-order chi connectivity index (χ0) is 23.9. The summed E-state index contributed by atoms with van der Waals surface area (Å²) >= 11 is 0. The van der Waals surface area contributed by atoms with Crippen molar-refractivity contribution < 1.29 is 19.1 Å². The average molecular weight is 458 g/mol. The van der Waals surface area contributed by atoms with Gasteiger partial charge in [0.1, 0.15) is 0 Å². The van der Waals surface area contributed by atoms with Gasteiger partial charge in [-0.1, -0.05) is 37.3 Å². The summed E-state index contributed by atoms with van der Waals surface area (Å²) in [5, 5.41) is 6.03. The van der Waals surface area contributed by atoms with Crippen molar-refractivity contribution in [2.24, 2.45) is 0 Å². The Morgan fingerprint density at radius 2 is 1.97 bits per heavy atom. The molecular weight excluding hydrogens is 430 g/mol. The van der Waals surface area contributed by atoms with Crippen LogP contribution in [0.2, 0.25) is 0 Å². The lowest BCUT2D eigenvalue weighted by Gasteiger charge is -2.50. The Hall–Kier alpha value is -4.00. The molecule has 0 unspecified atom stereocenters. The van der Waals surface area contributed by atoms with Gasteiger partial charge >= 0.3 is 6.03 Å². The molecule has 2 heterocycles. The predicted molar refractivity (Wildman–Crippen MR) is 131 cm³/mol. The average Bonchev–Trinajstić information content (AvgIpc) is 2.83. The lowest BCUT2D eigenvalue weighted by Crippen LogP contribution is -2.65. The summed E-state index contributed by atoms with van der Waals surface area (Å²) in [6.45, 7) is 3.96. The highest BCUT2D eigenvalue weighted by atomic mass is 16.5. The Kier molecular flexibility index (Phi) is 5.40. The maximum absolute atomic E-state index is 13.2. The number of rotatable bonds is 5. The van der Waals surface area contributed by atoms with E-state index in [-0.39, 0.29) is 18.0 Å². The highest BCUT2D eigenvalue weighted by molar-refractivity contribution is 6.05. The van der Waals surface area contributed by atoms with Crippen molar-refractivity contribution in [3.8, 4) is 11.5 Å². The van der Waals surface area contributed by atoms with Gasteiger partial charge in [0.05, 0.1) is 18.8 Å². The van der Waals surface area contributed by atoms with E-state index < -0.39 is 5.72 Å². The summed E-state index contributed by atoms with van der Waals surface area (Å²) in [5.41, 5.74) is 2.86. The summed E-state index contributed by atoms with van der Waals surface area (Å²) < 4.78 is 11.9. The van der Waals surface area contributed by atoms with Gasteiger partial charge in [-0.3, -0.25) is 9.69 Å². The first kappa shape index (κ1) is 21.8. The number of urea groups is 1. The lowest BCUT2D eigenvalue weighted by atomic mass is 9.89. The van der Waals surface area contributed by atoms with Crippen molar-refractivity contribution in [3.63, 3.8) is 0 Å². The number of para-hydroxylation sites is 1. The molecule has 0 aliphatic carbocycles. The lowest BCUT2D eigenvalue weighted by molar-refractivity contribution is 0.0349. The minimum absolute atomic E-state index is 0.190. The number of benzene rings is 3. The molecule has 0 aromatic heterocycles. The number of amides is 3. The van der Waals surface area contributed by atoms with Crippen molar-refractivity contribution in [2.75, 3.05) is 17.3 Å². The largest absolute Gasteiger partial charge is 0.493 e. The molecule has 5 rings (SSSR count). The molecule has 2 bridgehead atoms. The quantitative estimate of drug-likeness (QED) is 0.546. The van der Waals surface area contributed by atoms with Crippen LogP contribution in [-0.2, 0) is 6.42 Å². The summed E-state index contributed by atoms with van der Waals surface area (Å²) in [5.74, 6) is 0.998. The molecule has 3 aromatic rings. The fraction of sp³-hybridized carbons (Fsp3) is 0.259. The fourth-order valence-electron chi connectivity index (χ4n) is 4.77. The number of fused-ring (bicyclic) bond motifs is 4. The van der Waals surface area contributed by atoms with Crippen LogP contribution < -0.4 is 25.0 Å². The highest BCUT2D eigenvalue weighted by Crippen LogP contribution is 2.49. The molecule has 0 saturated carbocycles. The number of nitrogens with one attached hydrogen (secondary N) is 2. The zero-order valence-corrected chi connectivity index (χ0v) is 19.4. The van der Waals surface area contributed by atoms with Crippen LogP contribution in [0.5, 0.6) is 11.5 Å². The number of anilines is 2. The van der Waals surface area contributed by atoms with Gasteiger partial charge in [0.25, 0.3) is 5.91 Å². The Balaban J connectivity index is 1.46. The van der Waals surface area contributed by atoms with Gasteiger partial charge in [0, 0.05) is 23.2 Å². The number of nitrogens with zero attached hydrogens (tertiary/aromatic N) is 1. The number of hydrogen-bond acceptors (Lipinski definition) is 4. The smallest absolute Gasteiger partial charge is 0.325 e. The molecule has 7 heteroatoms. The van der Waals surface area contributed by atoms with Gasteiger partial charge < -0.3 is 20.1 Å². The first-order valence-electron chi connectivity index (χ1n) is 11.4. The number of hydrogen-bond donors (Lipinski definition) is 2. The van der Waals surface area contributed by atoms with Crippen LogP contribution in [0.4, 0.5) is 16.2 Å². The molecular formula is C27H27N3O4. The predicted octanol–water partition coefficient (Wildman–Crippen LogP) is 5.28. The highest BCUT2D eigenvalue weighted by Gasteiger charge is 2.50. The van der Waals surface area contributed by atoms with Gasteiger partial charge in [0.2, 0.25) is 0 Å². The van der Waals surface area contributed by atoms with E-state index in [0.717, 1.165) is 23.2 Å². The molecule has 0 radical (unpaired) electrons. The van der Waals surface area contributed by atoms with E-state index in [1.54, 1.807) is 36.3 Å². The van der Waals surface area contributed by atoms with Crippen molar-refractivity contribution in [1.29, 1.82) is 0 Å². The van der Waals surface area contributed by atoms with Crippen LogP contribution in [0, 0.1) is 0 Å². The molecule has 2 N–H and O–H groups in total. The van der Waals surface area contributed by atoms with E-state index in [1.807, 2.05) is 49.4 Å². The molecule has 0 spiro atoms. The minimum atomic E-state index is -0.945. The maximum Gasteiger partial charge on any atom is 0.325 e. The molecule has 2 atom stereocenters. The van der Waals surface area contributed by atoms with E-state index >= 15 is 0 Å². The molecule has 1 fully saturated rings. The summed E-state index contributed by atoms with van der Waals surface area (Å²) in [7, 11) is 1.60. The zero-order valence-electron chi connectivity index (χ0n) is 19.4. The first-order valence-corrected chi connectivity index (χ1v) is 11.4. The Morgan fingerprint density at radius 3 is 2.76 bits per heavy atom. The number of aryl methyl sites for hydroxylation is 1. The van der Waals surface area contributed by atoms with Crippen LogP contribution >= 0.6 is 0 Å². The second kappa shape index (κ2) is 8.41. The molecule has 3 amide bonds. The van der Waals surface area contributed by atoms with Gasteiger partial charge in [-0.05, 0) is 55.3 Å². The SMILES string of the molecule is CCc1cccc(NC(=O)c2cccc(N3C(=O)N[C@H]4C[C@@]3(C)Oc3c(OC)cccc34)c2)c1. The minimum Gasteiger partial charge on any atom is -0.493 e. The van der Waals surface area contributed by atoms with E-state index in [0.29, 0.717) is 29.2 Å². The van der Waals surface area contributed by atoms with Crippen LogP contribution in [0.1, 0.15) is 47.8 Å². The first-order chi connectivity index (χ1) is 16.4. The van der Waals surface area contributed by atoms with Crippen LogP contribution in [0.25, 0.3) is 0 Å². The second-order valence-corrected chi connectivity index (χ2v) is 8.76. The van der Waals surface area contributed by atoms with Crippen molar-refractivity contribution >= 4 is 23.3 Å². The molecule has 34 heavy (non-hydrogen) atoms. The normalized spacial score (nSPS) is 20.6. The third-order valence-corrected chi connectivity index (χ3v) is 6.44.